The lowest BCUT2D eigenvalue weighted by Crippen LogP contribution is -2.08. The summed E-state index contributed by atoms with van der Waals surface area (Å²) in [7, 11) is -1.41. The number of nitrogens with zero attached hydrogens (tertiary/aromatic N) is 2. The second kappa shape index (κ2) is 10.3. The van der Waals surface area contributed by atoms with Crippen molar-refractivity contribution in [2.45, 2.75) is 13.5 Å². The van der Waals surface area contributed by atoms with Gasteiger partial charge in [-0.05, 0) is 77.9 Å². The Bertz CT molecular complexity index is 1840. The van der Waals surface area contributed by atoms with E-state index in [1.165, 1.54) is 0 Å². The molecule has 0 aliphatic carbocycles. The van der Waals surface area contributed by atoms with Gasteiger partial charge in [0.15, 0.2) is 0 Å². The van der Waals surface area contributed by atoms with Gasteiger partial charge in [-0.2, -0.15) is 14.5 Å². The van der Waals surface area contributed by atoms with E-state index in [0.717, 1.165) is 61.3 Å². The molecule has 3 N–H and O–H groups in total. The van der Waals surface area contributed by atoms with Crippen LogP contribution in [0.3, 0.4) is 0 Å². The van der Waals surface area contributed by atoms with Crippen molar-refractivity contribution in [3.05, 3.63) is 103 Å². The molecular formula is C31H30FN5S. The number of fused-ring (bicyclic) bond motifs is 2. The second-order valence-electron chi connectivity index (χ2n) is 9.40. The zero-order valence-electron chi connectivity index (χ0n) is 21.5. The third-order valence-electron chi connectivity index (χ3n) is 6.24. The Kier molecular flexibility index (Phi) is 6.89. The molecule has 0 spiro atoms. The van der Waals surface area contributed by atoms with Crippen LogP contribution in [0.1, 0.15) is 18.2 Å². The van der Waals surface area contributed by atoms with Crippen LogP contribution < -0.4 is 4.72 Å². The third-order valence-corrected chi connectivity index (χ3v) is 7.08. The maximum atomic E-state index is 14.6. The Balaban J connectivity index is 1.59. The fourth-order valence-electron chi connectivity index (χ4n) is 4.45. The number of pyridine rings is 1. The molecule has 7 heteroatoms. The molecule has 38 heavy (non-hydrogen) atoms. The topological polar surface area (TPSA) is 69.4 Å². The highest BCUT2D eigenvalue weighted by Gasteiger charge is 2.16. The number of allylic oxidation sites excluding steroid dienone is 5. The first-order valence-electron chi connectivity index (χ1n) is 12.2. The minimum atomic E-state index is -1.41. The van der Waals surface area contributed by atoms with Crippen molar-refractivity contribution in [3.63, 3.8) is 0 Å². The van der Waals surface area contributed by atoms with E-state index < -0.39 is 9.39 Å². The summed E-state index contributed by atoms with van der Waals surface area (Å²) < 4.78 is 18.0. The molecule has 0 saturated carbocycles. The van der Waals surface area contributed by atoms with Gasteiger partial charge >= 0.3 is 0 Å². The number of H-pyrrole nitrogens is 2. The molecule has 192 valence electrons. The Labute approximate surface area is 222 Å². The summed E-state index contributed by atoms with van der Waals surface area (Å²) in [5.41, 5.74) is 8.54. The maximum absolute atomic E-state index is 14.6. The number of aromatic amines is 2. The summed E-state index contributed by atoms with van der Waals surface area (Å²) in [5, 5.41) is 8.65. The average Bonchev–Trinajstić information content (AvgIpc) is 3.51. The normalized spacial score (nSPS) is 12.7. The summed E-state index contributed by atoms with van der Waals surface area (Å²) in [6, 6.07) is 17.1. The van der Waals surface area contributed by atoms with Gasteiger partial charge in [-0.1, -0.05) is 54.8 Å². The van der Waals surface area contributed by atoms with Crippen molar-refractivity contribution < 1.29 is 4.39 Å². The molecule has 0 fully saturated rings. The Morgan fingerprint density at radius 3 is 2.71 bits per heavy atom. The minimum absolute atomic E-state index is 0.280. The fraction of sp³-hybridized carbons (Fsp3) is 0.0968. The van der Waals surface area contributed by atoms with Crippen molar-refractivity contribution in [2.24, 2.45) is 0 Å². The van der Waals surface area contributed by atoms with Crippen LogP contribution in [-0.2, 0) is 6.54 Å². The molecule has 3 aromatic heterocycles. The lowest BCUT2D eigenvalue weighted by Gasteiger charge is -2.12. The van der Waals surface area contributed by atoms with Gasteiger partial charge in [0.05, 0.1) is 16.9 Å². The predicted molar refractivity (Wildman–Crippen MR) is 164 cm³/mol. The number of halogens is 1. The van der Waals surface area contributed by atoms with Gasteiger partial charge in [0, 0.05) is 17.4 Å². The number of aromatic nitrogens is 4. The molecule has 0 atom stereocenters. The summed E-state index contributed by atoms with van der Waals surface area (Å²) >= 11 is 0. The van der Waals surface area contributed by atoms with Crippen LogP contribution in [-0.4, -0.2) is 38.2 Å². The van der Waals surface area contributed by atoms with Crippen molar-refractivity contribution in [2.75, 3.05) is 6.26 Å². The molecule has 0 radical (unpaired) electrons. The number of hydrogen-bond donors (Lipinski definition) is 3. The van der Waals surface area contributed by atoms with Crippen LogP contribution in [0.2, 0.25) is 0 Å². The van der Waals surface area contributed by atoms with E-state index in [-0.39, 0.29) is 5.82 Å². The smallest absolute Gasteiger partial charge is 0.135 e. The van der Waals surface area contributed by atoms with E-state index in [0.29, 0.717) is 6.54 Å². The highest BCUT2D eigenvalue weighted by atomic mass is 32.2. The van der Waals surface area contributed by atoms with E-state index in [4.69, 9.17) is 4.98 Å². The van der Waals surface area contributed by atoms with E-state index in [9.17, 15) is 4.39 Å². The van der Waals surface area contributed by atoms with Crippen LogP contribution >= 0.6 is 9.39 Å². The van der Waals surface area contributed by atoms with Crippen molar-refractivity contribution in [1.29, 1.82) is 0 Å². The molecule has 3 heterocycles. The summed E-state index contributed by atoms with van der Waals surface area (Å²) in [6.45, 7) is 6.24. The van der Waals surface area contributed by atoms with E-state index in [1.807, 2.05) is 67.8 Å². The molecule has 5 nitrogen and oxygen atoms in total. The number of hydrogen-bond acceptors (Lipinski definition) is 3. The van der Waals surface area contributed by atoms with Gasteiger partial charge in [0.1, 0.15) is 17.0 Å². The third kappa shape index (κ3) is 5.25. The summed E-state index contributed by atoms with van der Waals surface area (Å²) in [6.07, 6.45) is 9.59. The molecule has 0 aliphatic heterocycles. The van der Waals surface area contributed by atoms with E-state index >= 15 is 0 Å². The monoisotopic (exact) mass is 523 g/mol. The maximum Gasteiger partial charge on any atom is 0.135 e. The fourth-order valence-corrected chi connectivity index (χ4v) is 4.96. The van der Waals surface area contributed by atoms with E-state index in [1.54, 1.807) is 18.2 Å². The molecule has 0 bridgehead atoms. The number of nitrogens with one attached hydrogen (secondary N) is 3. The van der Waals surface area contributed by atoms with Crippen LogP contribution in [0.5, 0.6) is 0 Å². The largest absolute Gasteiger partial charge is 0.353 e. The predicted octanol–water partition coefficient (Wildman–Crippen LogP) is 7.36. The molecule has 5 aromatic rings. The zero-order chi connectivity index (χ0) is 26.9. The highest BCUT2D eigenvalue weighted by molar-refractivity contribution is 8.25. The molecule has 5 rings (SSSR count). The first-order valence-corrected chi connectivity index (χ1v) is 14.6. The van der Waals surface area contributed by atoms with Crippen LogP contribution in [0, 0.1) is 5.82 Å². The first-order chi connectivity index (χ1) is 18.3. The van der Waals surface area contributed by atoms with Crippen LogP contribution in [0.15, 0.2) is 85.5 Å². The average molecular weight is 524 g/mol. The number of rotatable bonds is 8. The summed E-state index contributed by atoms with van der Waals surface area (Å²) in [5.74, 6) is 7.82. The molecular weight excluding hydrogens is 493 g/mol. The Morgan fingerprint density at radius 1 is 1.11 bits per heavy atom. The van der Waals surface area contributed by atoms with Gasteiger partial charge in [0.25, 0.3) is 0 Å². The SMILES string of the molecule is C=C/C=C\C(=C/C)c1ccc2[nH]nc(-c3cc4c(-c5cc(F)cc(CNS(=C)(=C)C)c5)cccc4[nH]3)c2n1. The lowest BCUT2D eigenvalue weighted by molar-refractivity contribution is 0.625. The molecule has 0 amide bonds. The second-order valence-corrected chi connectivity index (χ2v) is 12.2. The molecule has 2 aromatic carbocycles. The van der Waals surface area contributed by atoms with Gasteiger partial charge in [0.2, 0.25) is 0 Å². The Morgan fingerprint density at radius 2 is 1.95 bits per heavy atom. The first kappa shape index (κ1) is 25.4. The quantitative estimate of drug-likeness (QED) is 0.147. The van der Waals surface area contributed by atoms with Crippen LogP contribution in [0.4, 0.5) is 4.39 Å². The van der Waals surface area contributed by atoms with Gasteiger partial charge in [-0.25, -0.2) is 9.37 Å². The minimum Gasteiger partial charge on any atom is -0.353 e. The zero-order valence-corrected chi connectivity index (χ0v) is 22.3. The van der Waals surface area contributed by atoms with Crippen molar-refractivity contribution in [3.8, 4) is 22.5 Å². The van der Waals surface area contributed by atoms with Gasteiger partial charge in [-0.3, -0.25) is 9.82 Å². The molecule has 0 aliphatic rings. The number of benzene rings is 2. The summed E-state index contributed by atoms with van der Waals surface area (Å²) in [4.78, 5) is 8.41. The standard InChI is InChI=1S/C31H30FN5S/c1-6-8-10-21(7-2)26-13-14-28-30(35-26)31(37-36-28)29-18-25-24(11-9-12-27(25)34-29)22-15-20(16-23(32)17-22)19-33-38(3,4)5/h6-18,33-34H,1,3-4,19H2,2,5H3,(H,36,37)/b10-8-,21-7+. The Hall–Kier alpha value is -4.20. The van der Waals surface area contributed by atoms with Crippen molar-refractivity contribution in [1.82, 2.24) is 24.9 Å². The molecule has 0 unspecified atom stereocenters. The van der Waals surface area contributed by atoms with E-state index in [2.05, 4.69) is 44.3 Å². The van der Waals surface area contributed by atoms with Gasteiger partial charge in [-0.15, -0.1) is 0 Å². The molecule has 0 saturated heterocycles. The van der Waals surface area contributed by atoms with Crippen LogP contribution in [0.25, 0.3) is 50.0 Å². The highest BCUT2D eigenvalue weighted by Crippen LogP contribution is 2.34. The van der Waals surface area contributed by atoms with Crippen molar-refractivity contribution >= 4 is 48.6 Å². The van der Waals surface area contributed by atoms with Gasteiger partial charge < -0.3 is 4.98 Å². The lowest BCUT2D eigenvalue weighted by atomic mass is 9.99.